The van der Waals surface area contributed by atoms with Crippen molar-refractivity contribution < 1.29 is 14.6 Å². The second-order valence-corrected chi connectivity index (χ2v) is 8.90. The summed E-state index contributed by atoms with van der Waals surface area (Å²) in [4.78, 5) is 14.8. The van der Waals surface area contributed by atoms with Crippen molar-refractivity contribution in [2.45, 2.75) is 69.7 Å². The molecule has 2 aliphatic heterocycles. The van der Waals surface area contributed by atoms with Gasteiger partial charge in [0.05, 0.1) is 24.9 Å². The smallest absolute Gasteiger partial charge is 0.221 e. The Morgan fingerprint density at radius 3 is 2.72 bits per heavy atom. The molecule has 174 valence electrons. The van der Waals surface area contributed by atoms with Gasteiger partial charge in [0.15, 0.2) is 0 Å². The van der Waals surface area contributed by atoms with Crippen LogP contribution in [0.1, 0.15) is 44.9 Å². The van der Waals surface area contributed by atoms with Gasteiger partial charge >= 0.3 is 0 Å². The highest BCUT2D eigenvalue weighted by molar-refractivity contribution is 5.76. The highest BCUT2D eigenvalue weighted by Crippen LogP contribution is 2.23. The van der Waals surface area contributed by atoms with Gasteiger partial charge in [0.1, 0.15) is 11.8 Å². The van der Waals surface area contributed by atoms with Crippen molar-refractivity contribution in [2.75, 3.05) is 26.2 Å². The number of aliphatic hydroxyl groups excluding tert-OH is 1. The molecule has 3 atom stereocenters. The molecule has 1 aromatic carbocycles. The lowest BCUT2D eigenvalue weighted by molar-refractivity contribution is -0.129. The summed E-state index contributed by atoms with van der Waals surface area (Å²) < 4.78 is 7.96. The number of aromatic nitrogens is 3. The van der Waals surface area contributed by atoms with E-state index in [-0.39, 0.29) is 30.8 Å². The average molecular weight is 442 g/mol. The third kappa shape index (κ3) is 6.37. The molecule has 0 saturated carbocycles. The molecule has 0 spiro atoms. The van der Waals surface area contributed by atoms with Gasteiger partial charge < -0.3 is 20.1 Å². The molecule has 3 heterocycles. The Labute approximate surface area is 189 Å². The third-order valence-corrected chi connectivity index (χ3v) is 6.53. The van der Waals surface area contributed by atoms with E-state index >= 15 is 0 Å². The van der Waals surface area contributed by atoms with E-state index in [9.17, 15) is 9.90 Å². The summed E-state index contributed by atoms with van der Waals surface area (Å²) in [5.74, 6) is 0.0529. The number of carbonyl (C=O) groups excluding carboxylic acids is 1. The fraction of sp³-hybridized carbons (Fsp3) is 0.625. The fourth-order valence-electron chi connectivity index (χ4n) is 4.66. The van der Waals surface area contributed by atoms with E-state index < -0.39 is 0 Å². The van der Waals surface area contributed by atoms with Crippen molar-refractivity contribution in [3.63, 3.8) is 0 Å². The zero-order valence-electron chi connectivity index (χ0n) is 18.7. The van der Waals surface area contributed by atoms with Gasteiger partial charge in [-0.15, -0.1) is 5.10 Å². The van der Waals surface area contributed by atoms with Gasteiger partial charge in [0.25, 0.3) is 0 Å². The Morgan fingerprint density at radius 1 is 1.12 bits per heavy atom. The van der Waals surface area contributed by atoms with Crippen molar-refractivity contribution >= 4 is 5.91 Å². The zero-order chi connectivity index (χ0) is 22.2. The van der Waals surface area contributed by atoms with Crippen molar-refractivity contribution in [1.29, 1.82) is 0 Å². The predicted molar refractivity (Wildman–Crippen MR) is 122 cm³/mol. The molecule has 2 aliphatic rings. The van der Waals surface area contributed by atoms with E-state index in [0.717, 1.165) is 50.2 Å². The number of hydrogen-bond donors (Lipinski definition) is 2. The Bertz CT molecular complexity index is 837. The lowest BCUT2D eigenvalue weighted by atomic mass is 9.97. The second kappa shape index (κ2) is 11.5. The van der Waals surface area contributed by atoms with Crippen LogP contribution in [-0.2, 0) is 16.1 Å². The minimum Gasteiger partial charge on any atom is -0.394 e. The van der Waals surface area contributed by atoms with Gasteiger partial charge in [-0.3, -0.25) is 9.48 Å². The second-order valence-electron chi connectivity index (χ2n) is 8.90. The van der Waals surface area contributed by atoms with Crippen LogP contribution in [0.3, 0.4) is 0 Å². The van der Waals surface area contributed by atoms with Crippen LogP contribution in [-0.4, -0.2) is 75.4 Å². The van der Waals surface area contributed by atoms with Gasteiger partial charge in [-0.25, -0.2) is 0 Å². The van der Waals surface area contributed by atoms with Crippen LogP contribution < -0.4 is 5.32 Å². The van der Waals surface area contributed by atoms with E-state index in [1.54, 1.807) is 0 Å². The summed E-state index contributed by atoms with van der Waals surface area (Å²) in [5.41, 5.74) is 1.91. The molecule has 8 nitrogen and oxygen atoms in total. The minimum atomic E-state index is -0.358. The maximum Gasteiger partial charge on any atom is 0.221 e. The summed E-state index contributed by atoms with van der Waals surface area (Å²) in [6.07, 6.45) is 8.37. The number of nitrogens with zero attached hydrogens (tertiary/aromatic N) is 4. The van der Waals surface area contributed by atoms with Crippen molar-refractivity contribution in [3.8, 4) is 11.3 Å². The maximum atomic E-state index is 12.4. The molecule has 0 aliphatic carbocycles. The molecule has 4 rings (SSSR count). The first-order chi connectivity index (χ1) is 15.7. The highest BCUT2D eigenvalue weighted by atomic mass is 16.5. The number of amides is 1. The normalized spacial score (nSPS) is 24.3. The first kappa shape index (κ1) is 22.9. The first-order valence-corrected chi connectivity index (χ1v) is 11.9. The van der Waals surface area contributed by atoms with Gasteiger partial charge in [0.2, 0.25) is 5.91 Å². The number of hydrogen-bond acceptors (Lipinski definition) is 6. The Kier molecular flexibility index (Phi) is 8.25. The molecule has 32 heavy (non-hydrogen) atoms. The Balaban J connectivity index is 1.20. The summed E-state index contributed by atoms with van der Waals surface area (Å²) >= 11 is 0. The molecule has 8 heteroatoms. The van der Waals surface area contributed by atoms with Crippen LogP contribution in [0.15, 0.2) is 36.5 Å². The fourth-order valence-corrected chi connectivity index (χ4v) is 4.66. The topological polar surface area (TPSA) is 92.5 Å². The van der Waals surface area contributed by atoms with E-state index in [0.29, 0.717) is 13.0 Å². The minimum absolute atomic E-state index is 0.0398. The molecule has 2 saturated heterocycles. The summed E-state index contributed by atoms with van der Waals surface area (Å²) in [6, 6.07) is 9.87. The van der Waals surface area contributed by atoms with E-state index in [4.69, 9.17) is 4.74 Å². The van der Waals surface area contributed by atoms with E-state index in [2.05, 4.69) is 20.5 Å². The predicted octanol–water partition coefficient (Wildman–Crippen LogP) is 2.24. The van der Waals surface area contributed by atoms with Gasteiger partial charge in [0, 0.05) is 25.1 Å². The molecular weight excluding hydrogens is 406 g/mol. The third-order valence-electron chi connectivity index (χ3n) is 6.53. The number of benzene rings is 1. The number of rotatable bonds is 9. The van der Waals surface area contributed by atoms with Gasteiger partial charge in [-0.1, -0.05) is 42.0 Å². The monoisotopic (exact) mass is 441 g/mol. The lowest BCUT2D eigenvalue weighted by Crippen LogP contribution is -2.51. The number of likely N-dealkylation sites (tertiary alicyclic amines) is 1. The van der Waals surface area contributed by atoms with Crippen LogP contribution in [0.4, 0.5) is 0 Å². The van der Waals surface area contributed by atoms with Crippen molar-refractivity contribution in [2.24, 2.45) is 0 Å². The number of aryl methyl sites for hydroxylation is 1. The summed E-state index contributed by atoms with van der Waals surface area (Å²) in [6.45, 7) is 3.62. The van der Waals surface area contributed by atoms with Crippen LogP contribution in [0.5, 0.6) is 0 Å². The molecule has 0 radical (unpaired) electrons. The number of aliphatic hydroxyl groups is 1. The average Bonchev–Trinajstić information content (AvgIpc) is 3.32. The highest BCUT2D eigenvalue weighted by Gasteiger charge is 2.31. The van der Waals surface area contributed by atoms with E-state index in [1.165, 1.54) is 19.3 Å². The molecule has 0 unspecified atom stereocenters. The molecular formula is C24H35N5O3. The molecule has 1 amide bonds. The van der Waals surface area contributed by atoms with Crippen LogP contribution >= 0.6 is 0 Å². The number of ether oxygens (including phenoxy) is 1. The van der Waals surface area contributed by atoms with E-state index in [1.807, 2.05) is 41.2 Å². The standard InChI is InChI=1S/C24H35N5O3/c30-18-23-21(25-24(31)12-15-28-13-5-2-6-14-28)10-9-20(32-23)11-16-29-17-22(26-27-29)19-7-3-1-4-8-19/h1,3-4,7-8,17,20-21,23,30H,2,5-6,9-16,18H2,(H,25,31)/t20-,21-,23-/m1/s1. The molecule has 1 aromatic heterocycles. The maximum absolute atomic E-state index is 12.4. The number of carbonyl (C=O) groups is 1. The molecule has 0 bridgehead atoms. The molecule has 2 N–H and O–H groups in total. The zero-order valence-corrected chi connectivity index (χ0v) is 18.7. The van der Waals surface area contributed by atoms with Crippen LogP contribution in [0.2, 0.25) is 0 Å². The summed E-state index contributed by atoms with van der Waals surface area (Å²) in [7, 11) is 0. The first-order valence-electron chi connectivity index (χ1n) is 11.9. The lowest BCUT2D eigenvalue weighted by Gasteiger charge is -2.36. The quantitative estimate of drug-likeness (QED) is 0.620. The molecule has 2 fully saturated rings. The van der Waals surface area contributed by atoms with Crippen molar-refractivity contribution in [1.82, 2.24) is 25.2 Å². The van der Waals surface area contributed by atoms with Crippen molar-refractivity contribution in [3.05, 3.63) is 36.5 Å². The van der Waals surface area contributed by atoms with Crippen LogP contribution in [0.25, 0.3) is 11.3 Å². The summed E-state index contributed by atoms with van der Waals surface area (Å²) in [5, 5.41) is 21.4. The Hall–Kier alpha value is -2.29. The number of piperidine rings is 1. The van der Waals surface area contributed by atoms with Crippen LogP contribution in [0, 0.1) is 0 Å². The largest absolute Gasteiger partial charge is 0.394 e. The van der Waals surface area contributed by atoms with Gasteiger partial charge in [-0.05, 0) is 45.2 Å². The SMILES string of the molecule is O=C(CCN1CCCCC1)N[C@@H]1CC[C@H](CCn2cc(-c3ccccc3)nn2)O[C@@H]1CO. The van der Waals surface area contributed by atoms with Gasteiger partial charge in [-0.2, -0.15) is 0 Å². The Morgan fingerprint density at radius 2 is 1.94 bits per heavy atom. The number of nitrogens with one attached hydrogen (secondary N) is 1. The molecule has 2 aromatic rings.